The normalized spacial score (nSPS) is 14.9. The first-order chi connectivity index (χ1) is 19.0. The second-order valence-electron chi connectivity index (χ2n) is 10.4. The Morgan fingerprint density at radius 3 is 2.50 bits per heavy atom. The number of ether oxygens (including phenoxy) is 1. The van der Waals surface area contributed by atoms with Gasteiger partial charge in [0.2, 0.25) is 0 Å². The van der Waals surface area contributed by atoms with Gasteiger partial charge in [-0.1, -0.05) is 12.0 Å². The van der Waals surface area contributed by atoms with Crippen molar-refractivity contribution in [2.45, 2.75) is 56.4 Å². The molecule has 10 heteroatoms. The molecule has 3 aromatic rings. The maximum absolute atomic E-state index is 13.6. The highest BCUT2D eigenvalue weighted by atomic mass is 32.2. The SMILES string of the molecule is COc1cc(SN(C)C)ccc1NCC#Cc1cc2c(NC3CCN(C(C)C)CC3)cccc2n1CC(F)(F)F. The first-order valence-corrected chi connectivity index (χ1v) is 14.3. The number of nitrogens with one attached hydrogen (secondary N) is 2. The molecule has 0 bridgehead atoms. The number of piperidine rings is 1. The fourth-order valence-electron chi connectivity index (χ4n) is 5.00. The van der Waals surface area contributed by atoms with Crippen LogP contribution in [0.25, 0.3) is 10.9 Å². The maximum Gasteiger partial charge on any atom is 0.406 e. The molecular weight excluding hydrogens is 535 g/mol. The van der Waals surface area contributed by atoms with Gasteiger partial charge in [-0.25, -0.2) is 0 Å². The number of halogens is 3. The summed E-state index contributed by atoms with van der Waals surface area (Å²) in [7, 11) is 5.53. The summed E-state index contributed by atoms with van der Waals surface area (Å²) in [5.74, 6) is 6.67. The number of nitrogens with zero attached hydrogens (tertiary/aromatic N) is 3. The van der Waals surface area contributed by atoms with E-state index in [-0.39, 0.29) is 12.6 Å². The molecule has 1 aliphatic rings. The lowest BCUT2D eigenvalue weighted by Crippen LogP contribution is -2.42. The minimum atomic E-state index is -4.37. The molecule has 40 heavy (non-hydrogen) atoms. The number of hydrogen-bond donors (Lipinski definition) is 2. The van der Waals surface area contributed by atoms with Gasteiger partial charge in [0.15, 0.2) is 0 Å². The van der Waals surface area contributed by atoms with Crippen molar-refractivity contribution in [3.63, 3.8) is 0 Å². The van der Waals surface area contributed by atoms with E-state index < -0.39 is 12.7 Å². The Morgan fingerprint density at radius 1 is 1.10 bits per heavy atom. The first kappa shape index (κ1) is 30.0. The first-order valence-electron chi connectivity index (χ1n) is 13.5. The molecule has 1 fully saturated rings. The van der Waals surface area contributed by atoms with E-state index in [1.807, 2.05) is 48.7 Å². The van der Waals surface area contributed by atoms with Gasteiger partial charge in [0.1, 0.15) is 12.3 Å². The van der Waals surface area contributed by atoms with Crippen molar-refractivity contribution in [2.24, 2.45) is 0 Å². The predicted molar refractivity (Wildman–Crippen MR) is 159 cm³/mol. The van der Waals surface area contributed by atoms with Crippen LogP contribution in [0.15, 0.2) is 47.4 Å². The number of alkyl halides is 3. The number of likely N-dealkylation sites (tertiary alicyclic amines) is 1. The van der Waals surface area contributed by atoms with E-state index in [0.29, 0.717) is 23.0 Å². The lowest BCUT2D eigenvalue weighted by molar-refractivity contribution is -0.140. The predicted octanol–water partition coefficient (Wildman–Crippen LogP) is 6.53. The van der Waals surface area contributed by atoms with Crippen LogP contribution in [0.4, 0.5) is 24.5 Å². The molecule has 4 rings (SSSR count). The van der Waals surface area contributed by atoms with Crippen molar-refractivity contribution in [1.82, 2.24) is 13.8 Å². The summed E-state index contributed by atoms with van der Waals surface area (Å²) in [4.78, 5) is 3.48. The largest absolute Gasteiger partial charge is 0.495 e. The summed E-state index contributed by atoms with van der Waals surface area (Å²) in [6.07, 6.45) is -2.38. The fraction of sp³-hybridized carbons (Fsp3) is 0.467. The summed E-state index contributed by atoms with van der Waals surface area (Å²) in [6, 6.07) is 13.9. The molecule has 2 N–H and O–H groups in total. The number of aromatic nitrogens is 1. The van der Waals surface area contributed by atoms with E-state index in [1.54, 1.807) is 31.2 Å². The molecule has 0 aliphatic carbocycles. The quantitative estimate of drug-likeness (QED) is 0.224. The third-order valence-corrected chi connectivity index (χ3v) is 7.78. The van der Waals surface area contributed by atoms with Crippen LogP contribution >= 0.6 is 11.9 Å². The van der Waals surface area contributed by atoms with Gasteiger partial charge >= 0.3 is 6.18 Å². The van der Waals surface area contributed by atoms with Gasteiger partial charge in [-0.2, -0.15) is 13.2 Å². The van der Waals surface area contributed by atoms with E-state index in [1.165, 1.54) is 4.57 Å². The highest BCUT2D eigenvalue weighted by molar-refractivity contribution is 7.97. The van der Waals surface area contributed by atoms with Crippen molar-refractivity contribution in [3.8, 4) is 17.6 Å². The van der Waals surface area contributed by atoms with Crippen LogP contribution in [0, 0.1) is 11.8 Å². The Hall–Kier alpha value is -3.00. The van der Waals surface area contributed by atoms with Crippen LogP contribution in [0.3, 0.4) is 0 Å². The molecule has 1 aliphatic heterocycles. The van der Waals surface area contributed by atoms with E-state index in [0.717, 1.165) is 47.6 Å². The number of hydrogen-bond acceptors (Lipinski definition) is 6. The Labute approximate surface area is 239 Å². The van der Waals surface area contributed by atoms with E-state index in [2.05, 4.69) is 41.2 Å². The molecule has 0 radical (unpaired) electrons. The molecule has 0 amide bonds. The maximum atomic E-state index is 13.6. The van der Waals surface area contributed by atoms with Crippen LogP contribution in [0.5, 0.6) is 5.75 Å². The van der Waals surface area contributed by atoms with Crippen molar-refractivity contribution < 1.29 is 17.9 Å². The van der Waals surface area contributed by atoms with Crippen LogP contribution in [-0.4, -0.2) is 72.9 Å². The average molecular weight is 574 g/mol. The molecule has 6 nitrogen and oxygen atoms in total. The van der Waals surface area contributed by atoms with Crippen LogP contribution in [-0.2, 0) is 6.54 Å². The standard InChI is InChI=1S/C30H38F3N5OS/c1-21(2)37-16-13-22(14-17-37)35-26-9-6-10-28-25(26)18-23(38(28)20-30(31,32)33)8-7-15-34-27-12-11-24(40-36(3)4)19-29(27)39-5/h6,9-12,18-19,21-22,34-35H,13-17,20H2,1-5H3. The second-order valence-corrected chi connectivity index (χ2v) is 11.8. The number of methoxy groups -OCH3 is 1. The van der Waals surface area contributed by atoms with Gasteiger partial charge in [-0.15, -0.1) is 0 Å². The topological polar surface area (TPSA) is 44.7 Å². The summed E-state index contributed by atoms with van der Waals surface area (Å²) in [6.45, 7) is 5.58. The van der Waals surface area contributed by atoms with Gasteiger partial charge in [-0.05, 0) is 95.1 Å². The highest BCUT2D eigenvalue weighted by Gasteiger charge is 2.30. The molecular formula is C30H38F3N5OS. The van der Waals surface area contributed by atoms with Crippen molar-refractivity contribution in [2.75, 3.05) is 51.5 Å². The molecule has 0 unspecified atom stereocenters. The molecule has 1 saturated heterocycles. The number of rotatable bonds is 9. The van der Waals surface area contributed by atoms with Crippen molar-refractivity contribution in [1.29, 1.82) is 0 Å². The van der Waals surface area contributed by atoms with E-state index in [9.17, 15) is 13.2 Å². The zero-order valence-electron chi connectivity index (χ0n) is 23.7. The molecule has 2 aromatic carbocycles. The fourth-order valence-corrected chi connectivity index (χ4v) is 5.71. The smallest absolute Gasteiger partial charge is 0.406 e. The summed E-state index contributed by atoms with van der Waals surface area (Å²) in [5.41, 5.74) is 2.48. The van der Waals surface area contributed by atoms with Gasteiger partial charge in [0.25, 0.3) is 0 Å². The zero-order valence-corrected chi connectivity index (χ0v) is 24.5. The molecule has 0 atom stereocenters. The average Bonchev–Trinajstić information content (AvgIpc) is 3.23. The lowest BCUT2D eigenvalue weighted by atomic mass is 10.0. The zero-order chi connectivity index (χ0) is 28.9. The minimum Gasteiger partial charge on any atom is -0.495 e. The number of anilines is 2. The minimum absolute atomic E-state index is 0.254. The molecule has 0 saturated carbocycles. The second kappa shape index (κ2) is 13.1. The highest BCUT2D eigenvalue weighted by Crippen LogP contribution is 2.32. The third kappa shape index (κ3) is 7.80. The van der Waals surface area contributed by atoms with Crippen LogP contribution in [0.2, 0.25) is 0 Å². The van der Waals surface area contributed by atoms with Crippen LogP contribution in [0.1, 0.15) is 32.4 Å². The Balaban J connectivity index is 1.54. The molecule has 0 spiro atoms. The van der Waals surface area contributed by atoms with Gasteiger partial charge in [0.05, 0.1) is 30.6 Å². The van der Waals surface area contributed by atoms with Crippen molar-refractivity contribution in [3.05, 3.63) is 48.2 Å². The third-order valence-electron chi connectivity index (χ3n) is 6.95. The molecule has 1 aromatic heterocycles. The van der Waals surface area contributed by atoms with E-state index >= 15 is 0 Å². The van der Waals surface area contributed by atoms with Crippen LogP contribution < -0.4 is 15.4 Å². The summed E-state index contributed by atoms with van der Waals surface area (Å²) in [5, 5.41) is 7.58. The Kier molecular flexibility index (Phi) is 9.82. The number of benzene rings is 2. The van der Waals surface area contributed by atoms with Gasteiger partial charge < -0.3 is 24.8 Å². The van der Waals surface area contributed by atoms with E-state index in [4.69, 9.17) is 4.74 Å². The molecule has 2 heterocycles. The van der Waals surface area contributed by atoms with Gasteiger partial charge in [-0.3, -0.25) is 4.31 Å². The Bertz CT molecular complexity index is 1350. The lowest BCUT2D eigenvalue weighted by Gasteiger charge is -2.35. The summed E-state index contributed by atoms with van der Waals surface area (Å²) >= 11 is 1.58. The Morgan fingerprint density at radius 2 is 1.85 bits per heavy atom. The van der Waals surface area contributed by atoms with Gasteiger partial charge in [0, 0.05) is 41.1 Å². The monoisotopic (exact) mass is 573 g/mol. The molecule has 216 valence electrons. The van der Waals surface area contributed by atoms with Crippen molar-refractivity contribution >= 4 is 34.2 Å². The number of fused-ring (bicyclic) bond motifs is 1. The summed E-state index contributed by atoms with van der Waals surface area (Å²) < 4.78 is 49.5.